The van der Waals surface area contributed by atoms with Crippen LogP contribution in [-0.2, 0) is 11.3 Å². The maximum absolute atomic E-state index is 12.3. The average molecular weight is 401 g/mol. The summed E-state index contributed by atoms with van der Waals surface area (Å²) in [5, 5.41) is 4.40. The van der Waals surface area contributed by atoms with Crippen molar-refractivity contribution in [2.75, 3.05) is 5.32 Å². The summed E-state index contributed by atoms with van der Waals surface area (Å²) in [7, 11) is 0. The first-order valence-electron chi connectivity index (χ1n) is 6.77. The van der Waals surface area contributed by atoms with Gasteiger partial charge in [-0.15, -0.1) is 0 Å². The molecule has 2 aromatic carbocycles. The Morgan fingerprint density at radius 3 is 2.25 bits per heavy atom. The summed E-state index contributed by atoms with van der Waals surface area (Å²) in [6.45, 7) is -0.0246. The molecule has 24 heavy (non-hydrogen) atoms. The lowest BCUT2D eigenvalue weighted by Gasteiger charge is -2.13. The molecule has 2 rings (SSSR count). The largest absolute Gasteiger partial charge is 0.471 e. The Bertz CT molecular complexity index is 746. The molecule has 0 atom stereocenters. The predicted molar refractivity (Wildman–Crippen MR) is 86.4 cm³/mol. The Labute approximate surface area is 144 Å². The summed E-state index contributed by atoms with van der Waals surface area (Å²) in [5.74, 6) is -2.44. The molecule has 0 heterocycles. The molecule has 2 N–H and O–H groups in total. The Hall–Kier alpha value is -2.35. The van der Waals surface area contributed by atoms with Crippen molar-refractivity contribution in [3.8, 4) is 0 Å². The second-order valence-electron chi connectivity index (χ2n) is 4.80. The van der Waals surface area contributed by atoms with Gasteiger partial charge in [-0.2, -0.15) is 13.2 Å². The van der Waals surface area contributed by atoms with Crippen molar-refractivity contribution in [3.63, 3.8) is 0 Å². The topological polar surface area (TPSA) is 58.2 Å². The Morgan fingerprint density at radius 1 is 1.00 bits per heavy atom. The fourth-order valence-electron chi connectivity index (χ4n) is 1.87. The molecule has 4 nitrogen and oxygen atoms in total. The first-order valence-corrected chi connectivity index (χ1v) is 7.56. The molecule has 0 aliphatic rings. The first kappa shape index (κ1) is 18.0. The quantitative estimate of drug-likeness (QED) is 0.817. The summed E-state index contributed by atoms with van der Waals surface area (Å²) in [4.78, 5) is 23.1. The number of halogens is 4. The number of anilines is 1. The number of carbonyl (C=O) groups excluding carboxylic acids is 2. The van der Waals surface area contributed by atoms with E-state index in [0.29, 0.717) is 11.1 Å². The molecular formula is C16H12BrF3N2O2. The highest BCUT2D eigenvalue weighted by atomic mass is 79.9. The van der Waals surface area contributed by atoms with Crippen LogP contribution in [0.3, 0.4) is 0 Å². The van der Waals surface area contributed by atoms with Gasteiger partial charge in [-0.25, -0.2) is 0 Å². The second kappa shape index (κ2) is 7.48. The number of hydrogen-bond acceptors (Lipinski definition) is 2. The molecule has 0 fully saturated rings. The summed E-state index contributed by atoms with van der Waals surface area (Å²) in [6, 6.07) is 12.6. The predicted octanol–water partition coefficient (Wildman–Crippen LogP) is 3.88. The van der Waals surface area contributed by atoms with Crippen LogP contribution in [0.4, 0.5) is 18.9 Å². The monoisotopic (exact) mass is 400 g/mol. The molecular weight excluding hydrogens is 389 g/mol. The number of alkyl halides is 3. The van der Waals surface area contributed by atoms with Crippen LogP contribution in [0.2, 0.25) is 0 Å². The van der Waals surface area contributed by atoms with Crippen molar-refractivity contribution in [2.24, 2.45) is 0 Å². The molecule has 8 heteroatoms. The zero-order valence-electron chi connectivity index (χ0n) is 12.2. The van der Waals surface area contributed by atoms with Crippen LogP contribution in [0.15, 0.2) is 53.0 Å². The minimum Gasteiger partial charge on any atom is -0.348 e. The Morgan fingerprint density at radius 2 is 1.62 bits per heavy atom. The van der Waals surface area contributed by atoms with E-state index >= 15 is 0 Å². The molecule has 0 aliphatic carbocycles. The van der Waals surface area contributed by atoms with Gasteiger partial charge in [0.25, 0.3) is 5.91 Å². The molecule has 0 saturated carbocycles. The second-order valence-corrected chi connectivity index (χ2v) is 5.71. The van der Waals surface area contributed by atoms with Crippen molar-refractivity contribution >= 4 is 33.4 Å². The molecule has 0 spiro atoms. The molecule has 0 radical (unpaired) electrons. The van der Waals surface area contributed by atoms with E-state index < -0.39 is 12.1 Å². The SMILES string of the molecule is O=C(NCc1ccccc1NC(=O)C(F)(F)F)c1ccc(Br)cc1. The van der Waals surface area contributed by atoms with Gasteiger partial charge >= 0.3 is 12.1 Å². The fourth-order valence-corrected chi connectivity index (χ4v) is 2.13. The van der Waals surface area contributed by atoms with Crippen molar-refractivity contribution in [2.45, 2.75) is 12.7 Å². The van der Waals surface area contributed by atoms with Crippen LogP contribution in [0.1, 0.15) is 15.9 Å². The molecule has 0 aliphatic heterocycles. The third kappa shape index (κ3) is 4.82. The number of carbonyl (C=O) groups is 2. The number of para-hydroxylation sites is 1. The third-order valence-electron chi connectivity index (χ3n) is 3.07. The summed E-state index contributed by atoms with van der Waals surface area (Å²) in [5.41, 5.74) is 0.770. The van der Waals surface area contributed by atoms with Gasteiger partial charge in [-0.05, 0) is 35.9 Å². The van der Waals surface area contributed by atoms with E-state index in [4.69, 9.17) is 0 Å². The molecule has 0 aromatic heterocycles. The highest BCUT2D eigenvalue weighted by Gasteiger charge is 2.38. The minimum atomic E-state index is -4.98. The fraction of sp³-hybridized carbons (Fsp3) is 0.125. The van der Waals surface area contributed by atoms with Crippen LogP contribution in [-0.4, -0.2) is 18.0 Å². The van der Waals surface area contributed by atoms with E-state index in [1.807, 2.05) is 0 Å². The third-order valence-corrected chi connectivity index (χ3v) is 3.60. The van der Waals surface area contributed by atoms with E-state index in [2.05, 4.69) is 21.2 Å². The first-order chi connectivity index (χ1) is 11.3. The van der Waals surface area contributed by atoms with Crippen LogP contribution in [0.5, 0.6) is 0 Å². The molecule has 0 bridgehead atoms. The van der Waals surface area contributed by atoms with E-state index in [1.165, 1.54) is 18.2 Å². The number of nitrogens with one attached hydrogen (secondary N) is 2. The molecule has 0 unspecified atom stereocenters. The summed E-state index contributed by atoms with van der Waals surface area (Å²) < 4.78 is 37.9. The van der Waals surface area contributed by atoms with E-state index in [-0.39, 0.29) is 18.1 Å². The van der Waals surface area contributed by atoms with E-state index in [1.54, 1.807) is 35.6 Å². The summed E-state index contributed by atoms with van der Waals surface area (Å²) in [6.07, 6.45) is -4.98. The van der Waals surface area contributed by atoms with Crippen molar-refractivity contribution in [1.82, 2.24) is 5.32 Å². The van der Waals surface area contributed by atoms with Crippen molar-refractivity contribution in [3.05, 3.63) is 64.1 Å². The van der Waals surface area contributed by atoms with Crippen LogP contribution in [0, 0.1) is 0 Å². The minimum absolute atomic E-state index is 0.00377. The number of amides is 2. The van der Waals surface area contributed by atoms with Gasteiger partial charge < -0.3 is 10.6 Å². The summed E-state index contributed by atoms with van der Waals surface area (Å²) >= 11 is 3.25. The molecule has 0 saturated heterocycles. The lowest BCUT2D eigenvalue weighted by Crippen LogP contribution is -2.31. The Balaban J connectivity index is 2.06. The highest BCUT2D eigenvalue weighted by molar-refractivity contribution is 9.10. The van der Waals surface area contributed by atoms with Crippen molar-refractivity contribution < 1.29 is 22.8 Å². The highest BCUT2D eigenvalue weighted by Crippen LogP contribution is 2.21. The number of rotatable bonds is 4. The van der Waals surface area contributed by atoms with Crippen LogP contribution in [0.25, 0.3) is 0 Å². The van der Waals surface area contributed by atoms with Gasteiger partial charge in [0.15, 0.2) is 0 Å². The van der Waals surface area contributed by atoms with Gasteiger partial charge in [0.05, 0.1) is 0 Å². The van der Waals surface area contributed by atoms with Gasteiger partial charge in [0, 0.05) is 22.3 Å². The maximum Gasteiger partial charge on any atom is 0.471 e. The molecule has 2 amide bonds. The standard InChI is InChI=1S/C16H12BrF3N2O2/c17-12-7-5-10(6-8-12)14(23)21-9-11-3-1-2-4-13(11)22-15(24)16(18,19)20/h1-8H,9H2,(H,21,23)(H,22,24). The maximum atomic E-state index is 12.3. The normalized spacial score (nSPS) is 11.0. The number of benzene rings is 2. The van der Waals surface area contributed by atoms with Crippen LogP contribution >= 0.6 is 15.9 Å². The molecule has 2 aromatic rings. The lowest BCUT2D eigenvalue weighted by molar-refractivity contribution is -0.167. The van der Waals surface area contributed by atoms with E-state index in [9.17, 15) is 22.8 Å². The number of hydrogen-bond donors (Lipinski definition) is 2. The Kier molecular flexibility index (Phi) is 5.61. The molecule has 126 valence electrons. The zero-order valence-corrected chi connectivity index (χ0v) is 13.7. The van der Waals surface area contributed by atoms with E-state index in [0.717, 1.165) is 4.47 Å². The van der Waals surface area contributed by atoms with Gasteiger partial charge in [-0.1, -0.05) is 34.1 Å². The van der Waals surface area contributed by atoms with Crippen molar-refractivity contribution in [1.29, 1.82) is 0 Å². The van der Waals surface area contributed by atoms with Crippen LogP contribution < -0.4 is 10.6 Å². The van der Waals surface area contributed by atoms with Gasteiger partial charge in [-0.3, -0.25) is 9.59 Å². The zero-order chi connectivity index (χ0) is 17.7. The van der Waals surface area contributed by atoms with Gasteiger partial charge in [0.2, 0.25) is 0 Å². The van der Waals surface area contributed by atoms with Gasteiger partial charge in [0.1, 0.15) is 0 Å². The smallest absolute Gasteiger partial charge is 0.348 e. The average Bonchev–Trinajstić information content (AvgIpc) is 2.53. The lowest BCUT2D eigenvalue weighted by atomic mass is 10.1.